The maximum Gasteiger partial charge on any atom is 0.0474 e. The van der Waals surface area contributed by atoms with Crippen molar-refractivity contribution in [1.82, 2.24) is 5.32 Å². The number of nitrogens with one attached hydrogen (secondary N) is 1. The van der Waals surface area contributed by atoms with Gasteiger partial charge in [0.05, 0.1) is 0 Å². The van der Waals surface area contributed by atoms with Crippen LogP contribution in [0.1, 0.15) is 44.7 Å². The smallest absolute Gasteiger partial charge is 0.0474 e. The molecule has 1 N–H and O–H groups in total. The molecular weight excluding hydrogens is 256 g/mol. The van der Waals surface area contributed by atoms with Crippen molar-refractivity contribution < 1.29 is 0 Å². The molecule has 1 aliphatic rings. The molecule has 0 aliphatic carbocycles. The molecule has 1 heterocycles. The van der Waals surface area contributed by atoms with Gasteiger partial charge in [0.25, 0.3) is 0 Å². The Morgan fingerprint density at radius 1 is 1.37 bits per heavy atom. The largest absolute Gasteiger partial charge is 0.371 e. The summed E-state index contributed by atoms with van der Waals surface area (Å²) in [5.41, 5.74) is 2.45. The summed E-state index contributed by atoms with van der Waals surface area (Å²) in [6.45, 7) is 6.75. The van der Waals surface area contributed by atoms with Crippen LogP contribution in [0.15, 0.2) is 18.2 Å². The number of rotatable bonds is 4. The van der Waals surface area contributed by atoms with Gasteiger partial charge in [0.15, 0.2) is 0 Å². The summed E-state index contributed by atoms with van der Waals surface area (Å²) in [6, 6.07) is 6.79. The summed E-state index contributed by atoms with van der Waals surface area (Å²) in [6.07, 6.45) is 3.93. The molecule has 1 aliphatic heterocycles. The first-order chi connectivity index (χ1) is 9.15. The number of piperidine rings is 1. The van der Waals surface area contributed by atoms with E-state index >= 15 is 0 Å². The molecular formula is C16H25ClN2. The Kier molecular flexibility index (Phi) is 5.12. The molecule has 0 radical (unpaired) electrons. The number of halogens is 1. The molecule has 0 bridgehead atoms. The van der Waals surface area contributed by atoms with Crippen LogP contribution in [0.5, 0.6) is 0 Å². The Bertz CT molecular complexity index is 411. The van der Waals surface area contributed by atoms with Gasteiger partial charge in [-0.05, 0) is 50.4 Å². The van der Waals surface area contributed by atoms with Crippen molar-refractivity contribution >= 4 is 17.3 Å². The maximum absolute atomic E-state index is 6.41. The highest BCUT2D eigenvalue weighted by molar-refractivity contribution is 6.31. The van der Waals surface area contributed by atoms with Crippen LogP contribution in [0.25, 0.3) is 0 Å². The predicted molar refractivity (Wildman–Crippen MR) is 84.2 cm³/mol. The van der Waals surface area contributed by atoms with E-state index in [1.807, 2.05) is 7.05 Å². The van der Waals surface area contributed by atoms with E-state index in [9.17, 15) is 0 Å². The maximum atomic E-state index is 6.41. The molecule has 106 valence electrons. The average Bonchev–Trinajstić information content (AvgIpc) is 2.46. The van der Waals surface area contributed by atoms with Crippen molar-refractivity contribution in [3.63, 3.8) is 0 Å². The molecule has 2 rings (SSSR count). The fourth-order valence-electron chi connectivity index (χ4n) is 2.82. The third-order valence-corrected chi connectivity index (χ3v) is 4.77. The van der Waals surface area contributed by atoms with Gasteiger partial charge in [-0.25, -0.2) is 0 Å². The molecule has 1 fully saturated rings. The number of anilines is 1. The number of benzene rings is 1. The Morgan fingerprint density at radius 2 is 2.05 bits per heavy atom. The first kappa shape index (κ1) is 14.7. The quantitative estimate of drug-likeness (QED) is 0.887. The van der Waals surface area contributed by atoms with E-state index in [-0.39, 0.29) is 0 Å². The van der Waals surface area contributed by atoms with Crippen LogP contribution in [-0.4, -0.2) is 20.1 Å². The van der Waals surface area contributed by atoms with Crippen molar-refractivity contribution in [3.05, 3.63) is 28.8 Å². The summed E-state index contributed by atoms with van der Waals surface area (Å²) < 4.78 is 0. The highest BCUT2D eigenvalue weighted by Gasteiger charge is 2.19. The SMILES string of the molecule is CCC1CCN(c2ccc(C(C)NC)c(Cl)c2)CC1. The zero-order valence-electron chi connectivity index (χ0n) is 12.2. The number of nitrogens with zero attached hydrogens (tertiary/aromatic N) is 1. The zero-order valence-corrected chi connectivity index (χ0v) is 13.0. The Balaban J connectivity index is 2.08. The fourth-order valence-corrected chi connectivity index (χ4v) is 3.16. The lowest BCUT2D eigenvalue weighted by molar-refractivity contribution is 0.395. The second kappa shape index (κ2) is 6.62. The molecule has 0 saturated carbocycles. The Morgan fingerprint density at radius 3 is 2.58 bits per heavy atom. The molecule has 19 heavy (non-hydrogen) atoms. The van der Waals surface area contributed by atoms with E-state index in [1.54, 1.807) is 0 Å². The summed E-state index contributed by atoms with van der Waals surface area (Å²) in [5.74, 6) is 0.912. The van der Waals surface area contributed by atoms with Crippen molar-refractivity contribution in [3.8, 4) is 0 Å². The van der Waals surface area contributed by atoms with Crippen LogP contribution in [-0.2, 0) is 0 Å². The summed E-state index contributed by atoms with van der Waals surface area (Å²) >= 11 is 6.41. The molecule has 1 aromatic rings. The summed E-state index contributed by atoms with van der Waals surface area (Å²) in [5, 5.41) is 4.11. The van der Waals surface area contributed by atoms with Gasteiger partial charge in [-0.15, -0.1) is 0 Å². The molecule has 1 unspecified atom stereocenters. The normalized spacial score (nSPS) is 18.6. The van der Waals surface area contributed by atoms with Gasteiger partial charge in [-0.3, -0.25) is 0 Å². The van der Waals surface area contributed by atoms with Crippen LogP contribution in [0.4, 0.5) is 5.69 Å². The van der Waals surface area contributed by atoms with Gasteiger partial charge < -0.3 is 10.2 Å². The topological polar surface area (TPSA) is 15.3 Å². The third kappa shape index (κ3) is 3.43. The third-order valence-electron chi connectivity index (χ3n) is 4.44. The minimum atomic E-state index is 0.298. The van der Waals surface area contributed by atoms with E-state index in [0.717, 1.165) is 24.0 Å². The van der Waals surface area contributed by atoms with Crippen molar-refractivity contribution in [2.24, 2.45) is 5.92 Å². The highest BCUT2D eigenvalue weighted by atomic mass is 35.5. The lowest BCUT2D eigenvalue weighted by Gasteiger charge is -2.33. The minimum absolute atomic E-state index is 0.298. The zero-order chi connectivity index (χ0) is 13.8. The van der Waals surface area contributed by atoms with Crippen molar-refractivity contribution in [2.45, 2.75) is 39.2 Å². The molecule has 0 aromatic heterocycles. The summed E-state index contributed by atoms with van der Waals surface area (Å²) in [4.78, 5) is 2.46. The van der Waals surface area contributed by atoms with E-state index in [2.05, 4.69) is 42.3 Å². The lowest BCUT2D eigenvalue weighted by atomic mass is 9.94. The van der Waals surface area contributed by atoms with Crippen LogP contribution < -0.4 is 10.2 Å². The summed E-state index contributed by atoms with van der Waals surface area (Å²) in [7, 11) is 1.96. The van der Waals surface area contributed by atoms with Crippen LogP contribution >= 0.6 is 11.6 Å². The molecule has 1 atom stereocenters. The van der Waals surface area contributed by atoms with E-state index in [1.165, 1.54) is 30.5 Å². The average molecular weight is 281 g/mol. The first-order valence-corrected chi connectivity index (χ1v) is 7.75. The lowest BCUT2D eigenvalue weighted by Crippen LogP contribution is -2.33. The van der Waals surface area contributed by atoms with E-state index in [4.69, 9.17) is 11.6 Å². The van der Waals surface area contributed by atoms with Gasteiger partial charge in [0.1, 0.15) is 0 Å². The predicted octanol–water partition coefficient (Wildman–Crippen LogP) is 4.25. The van der Waals surface area contributed by atoms with Crippen LogP contribution in [0, 0.1) is 5.92 Å². The van der Waals surface area contributed by atoms with Gasteiger partial charge >= 0.3 is 0 Å². The highest BCUT2D eigenvalue weighted by Crippen LogP contribution is 2.30. The van der Waals surface area contributed by atoms with Gasteiger partial charge in [0, 0.05) is 29.8 Å². The first-order valence-electron chi connectivity index (χ1n) is 7.37. The van der Waals surface area contributed by atoms with Gasteiger partial charge in [-0.2, -0.15) is 0 Å². The Labute approximate surface area is 122 Å². The second-order valence-corrected chi connectivity index (χ2v) is 5.96. The van der Waals surface area contributed by atoms with Crippen molar-refractivity contribution in [1.29, 1.82) is 0 Å². The van der Waals surface area contributed by atoms with Crippen molar-refractivity contribution in [2.75, 3.05) is 25.0 Å². The van der Waals surface area contributed by atoms with Gasteiger partial charge in [-0.1, -0.05) is 31.0 Å². The monoisotopic (exact) mass is 280 g/mol. The van der Waals surface area contributed by atoms with Gasteiger partial charge in [0.2, 0.25) is 0 Å². The van der Waals surface area contributed by atoms with Crippen LogP contribution in [0.2, 0.25) is 5.02 Å². The molecule has 0 amide bonds. The van der Waals surface area contributed by atoms with Crippen LogP contribution in [0.3, 0.4) is 0 Å². The molecule has 2 nitrogen and oxygen atoms in total. The molecule has 1 aromatic carbocycles. The van der Waals surface area contributed by atoms with E-state index < -0.39 is 0 Å². The standard InChI is InChI=1S/C16H25ClN2/c1-4-13-7-9-19(10-8-13)14-5-6-15(12(2)18-3)16(17)11-14/h5-6,11-13,18H,4,7-10H2,1-3H3. The van der Waals surface area contributed by atoms with E-state index in [0.29, 0.717) is 6.04 Å². The number of hydrogen-bond donors (Lipinski definition) is 1. The molecule has 3 heteroatoms. The molecule has 0 spiro atoms. The fraction of sp³-hybridized carbons (Fsp3) is 0.625. The molecule has 1 saturated heterocycles. The Hall–Kier alpha value is -0.730. The number of hydrogen-bond acceptors (Lipinski definition) is 2. The second-order valence-electron chi connectivity index (χ2n) is 5.55. The minimum Gasteiger partial charge on any atom is -0.371 e.